The van der Waals surface area contributed by atoms with Crippen LogP contribution in [0.4, 0.5) is 0 Å². The van der Waals surface area contributed by atoms with Crippen molar-refractivity contribution in [3.63, 3.8) is 0 Å². The lowest BCUT2D eigenvalue weighted by Crippen LogP contribution is -2.32. The molecule has 1 aliphatic carbocycles. The summed E-state index contributed by atoms with van der Waals surface area (Å²) in [6.45, 7) is 4.19. The van der Waals surface area contributed by atoms with Crippen molar-refractivity contribution in [2.75, 3.05) is 0 Å². The van der Waals surface area contributed by atoms with Crippen molar-refractivity contribution >= 4 is 0 Å². The van der Waals surface area contributed by atoms with Crippen molar-refractivity contribution in [2.24, 2.45) is 11.7 Å². The molecule has 0 aliphatic heterocycles. The highest BCUT2D eigenvalue weighted by Crippen LogP contribution is 2.32. The summed E-state index contributed by atoms with van der Waals surface area (Å²) in [6, 6.07) is 6.01. The zero-order valence-corrected chi connectivity index (χ0v) is 10.8. The van der Waals surface area contributed by atoms with Crippen molar-refractivity contribution in [1.29, 1.82) is 0 Å². The van der Waals surface area contributed by atoms with Crippen molar-refractivity contribution in [3.05, 3.63) is 34.9 Å². The number of benzene rings is 1. The SMILES string of the molecule is Cc1ccc([C@@H](N)[C@@H](O)C2CCCC2)cc1C. The Morgan fingerprint density at radius 2 is 1.82 bits per heavy atom. The molecule has 2 atom stereocenters. The van der Waals surface area contributed by atoms with Crippen molar-refractivity contribution in [3.8, 4) is 0 Å². The molecule has 0 radical (unpaired) electrons. The molecule has 2 nitrogen and oxygen atoms in total. The molecule has 0 amide bonds. The zero-order valence-electron chi connectivity index (χ0n) is 10.8. The molecular weight excluding hydrogens is 210 g/mol. The minimum absolute atomic E-state index is 0.239. The maximum Gasteiger partial charge on any atom is 0.0760 e. The number of hydrogen-bond acceptors (Lipinski definition) is 2. The van der Waals surface area contributed by atoms with E-state index in [1.807, 2.05) is 6.07 Å². The van der Waals surface area contributed by atoms with Crippen LogP contribution in [0.5, 0.6) is 0 Å². The smallest absolute Gasteiger partial charge is 0.0760 e. The van der Waals surface area contributed by atoms with Crippen molar-refractivity contribution in [1.82, 2.24) is 0 Å². The maximum absolute atomic E-state index is 10.3. The van der Waals surface area contributed by atoms with Gasteiger partial charge in [0, 0.05) is 0 Å². The number of hydrogen-bond donors (Lipinski definition) is 2. The Morgan fingerprint density at radius 3 is 2.41 bits per heavy atom. The first kappa shape index (κ1) is 12.6. The average molecular weight is 233 g/mol. The molecule has 17 heavy (non-hydrogen) atoms. The van der Waals surface area contributed by atoms with E-state index in [1.54, 1.807) is 0 Å². The number of nitrogens with two attached hydrogens (primary N) is 1. The van der Waals surface area contributed by atoms with Gasteiger partial charge in [0.25, 0.3) is 0 Å². The van der Waals surface area contributed by atoms with Crippen LogP contribution in [-0.2, 0) is 0 Å². The van der Waals surface area contributed by atoms with Crippen LogP contribution >= 0.6 is 0 Å². The van der Waals surface area contributed by atoms with E-state index in [4.69, 9.17) is 5.73 Å². The van der Waals surface area contributed by atoms with Crippen LogP contribution < -0.4 is 5.73 Å². The van der Waals surface area contributed by atoms with Crippen LogP contribution in [0.3, 0.4) is 0 Å². The summed E-state index contributed by atoms with van der Waals surface area (Å²) in [6.07, 6.45) is 4.34. The second kappa shape index (κ2) is 5.19. The standard InChI is InChI=1S/C15H23NO/c1-10-7-8-13(9-11(10)2)14(16)15(17)12-5-3-4-6-12/h7-9,12,14-15,17H,3-6,16H2,1-2H3/t14-,15+/m1/s1. The molecule has 1 aromatic carbocycles. The fourth-order valence-corrected chi connectivity index (χ4v) is 2.76. The molecular formula is C15H23NO. The summed E-state index contributed by atoms with van der Waals surface area (Å²) < 4.78 is 0. The second-order valence-electron chi connectivity index (χ2n) is 5.40. The van der Waals surface area contributed by atoms with Gasteiger partial charge in [0.2, 0.25) is 0 Å². The Bertz CT molecular complexity index is 383. The van der Waals surface area contributed by atoms with Crippen LogP contribution in [0.15, 0.2) is 18.2 Å². The van der Waals surface area contributed by atoms with E-state index in [2.05, 4.69) is 26.0 Å². The molecule has 3 N–H and O–H groups in total. The second-order valence-corrected chi connectivity index (χ2v) is 5.40. The number of aliphatic hydroxyl groups excluding tert-OH is 1. The Balaban J connectivity index is 2.12. The minimum atomic E-state index is -0.389. The third kappa shape index (κ3) is 2.70. The third-order valence-electron chi connectivity index (χ3n) is 4.17. The maximum atomic E-state index is 10.3. The molecule has 1 aliphatic rings. The molecule has 0 heterocycles. The third-order valence-corrected chi connectivity index (χ3v) is 4.17. The quantitative estimate of drug-likeness (QED) is 0.843. The zero-order chi connectivity index (χ0) is 12.4. The molecule has 0 bridgehead atoms. The fourth-order valence-electron chi connectivity index (χ4n) is 2.76. The van der Waals surface area contributed by atoms with Gasteiger partial charge in [-0.3, -0.25) is 0 Å². The van der Waals surface area contributed by atoms with Gasteiger partial charge < -0.3 is 10.8 Å². The average Bonchev–Trinajstić information content (AvgIpc) is 2.84. The van der Waals surface area contributed by atoms with Gasteiger partial charge in [0.05, 0.1) is 12.1 Å². The molecule has 1 saturated carbocycles. The molecule has 1 aromatic rings. The van der Waals surface area contributed by atoms with Crippen LogP contribution in [-0.4, -0.2) is 11.2 Å². The van der Waals surface area contributed by atoms with Crippen LogP contribution in [0.2, 0.25) is 0 Å². The summed E-state index contributed by atoms with van der Waals surface area (Å²) in [5.74, 6) is 0.395. The topological polar surface area (TPSA) is 46.2 Å². The molecule has 0 saturated heterocycles. The van der Waals surface area contributed by atoms with Crippen molar-refractivity contribution in [2.45, 2.75) is 51.7 Å². The van der Waals surface area contributed by atoms with Gasteiger partial charge in [-0.2, -0.15) is 0 Å². The van der Waals surface area contributed by atoms with Gasteiger partial charge in [-0.15, -0.1) is 0 Å². The van der Waals surface area contributed by atoms with Gasteiger partial charge in [-0.25, -0.2) is 0 Å². The fraction of sp³-hybridized carbons (Fsp3) is 0.600. The highest BCUT2D eigenvalue weighted by molar-refractivity contribution is 5.32. The molecule has 0 aromatic heterocycles. The Morgan fingerprint density at radius 1 is 1.18 bits per heavy atom. The van der Waals surface area contributed by atoms with Gasteiger partial charge >= 0.3 is 0 Å². The van der Waals surface area contributed by atoms with E-state index in [-0.39, 0.29) is 12.1 Å². The van der Waals surface area contributed by atoms with Crippen molar-refractivity contribution < 1.29 is 5.11 Å². The number of aryl methyl sites for hydroxylation is 2. The van der Waals surface area contributed by atoms with E-state index in [9.17, 15) is 5.11 Å². The summed E-state index contributed by atoms with van der Waals surface area (Å²) in [7, 11) is 0. The molecule has 94 valence electrons. The first-order valence-corrected chi connectivity index (χ1v) is 6.60. The molecule has 1 fully saturated rings. The molecule has 0 unspecified atom stereocenters. The lowest BCUT2D eigenvalue weighted by molar-refractivity contribution is 0.0845. The van der Waals surface area contributed by atoms with E-state index in [0.717, 1.165) is 18.4 Å². The summed E-state index contributed by atoms with van der Waals surface area (Å²) >= 11 is 0. The number of aliphatic hydroxyl groups is 1. The molecule has 2 rings (SSSR count). The predicted molar refractivity (Wildman–Crippen MR) is 70.8 cm³/mol. The van der Waals surface area contributed by atoms with Crippen LogP contribution in [0, 0.1) is 19.8 Å². The Kier molecular flexibility index (Phi) is 3.85. The summed E-state index contributed by atoms with van der Waals surface area (Å²) in [4.78, 5) is 0. The van der Waals surface area contributed by atoms with Gasteiger partial charge in [0.1, 0.15) is 0 Å². The summed E-state index contributed by atoms with van der Waals surface area (Å²) in [5, 5.41) is 10.3. The highest BCUT2D eigenvalue weighted by Gasteiger charge is 2.28. The minimum Gasteiger partial charge on any atom is -0.391 e. The number of rotatable bonds is 3. The highest BCUT2D eigenvalue weighted by atomic mass is 16.3. The van der Waals surface area contributed by atoms with Crippen LogP contribution in [0.1, 0.15) is 48.4 Å². The summed E-state index contributed by atoms with van der Waals surface area (Å²) in [5.41, 5.74) is 9.77. The largest absolute Gasteiger partial charge is 0.391 e. The van der Waals surface area contributed by atoms with Gasteiger partial charge in [-0.1, -0.05) is 31.0 Å². The Labute approximate surface area is 104 Å². The van der Waals surface area contributed by atoms with Gasteiger partial charge in [-0.05, 0) is 49.3 Å². The lowest BCUT2D eigenvalue weighted by atomic mass is 9.90. The molecule has 0 spiro atoms. The first-order valence-electron chi connectivity index (χ1n) is 6.60. The van der Waals surface area contributed by atoms with E-state index < -0.39 is 0 Å². The Hall–Kier alpha value is -0.860. The van der Waals surface area contributed by atoms with E-state index >= 15 is 0 Å². The first-order chi connectivity index (χ1) is 8.09. The monoisotopic (exact) mass is 233 g/mol. The lowest BCUT2D eigenvalue weighted by Gasteiger charge is -2.25. The van der Waals surface area contributed by atoms with E-state index in [0.29, 0.717) is 5.92 Å². The normalized spacial score (nSPS) is 20.5. The molecule has 2 heteroatoms. The predicted octanol–water partition coefficient (Wildman–Crippen LogP) is 2.85. The van der Waals surface area contributed by atoms with Crippen LogP contribution in [0.25, 0.3) is 0 Å². The van der Waals surface area contributed by atoms with E-state index in [1.165, 1.54) is 24.0 Å². The van der Waals surface area contributed by atoms with Gasteiger partial charge in [0.15, 0.2) is 0 Å².